The Morgan fingerprint density at radius 3 is 0.781 bits per heavy atom. The van der Waals surface area contributed by atoms with Crippen molar-refractivity contribution in [3.63, 3.8) is 0 Å². The smallest absolute Gasteiger partial charge is 0.308 e. The molecule has 13 heteroatoms. The molecule has 0 atom stereocenters. The SMILES string of the molecule is N#Cc1c(-n2c3cc(-c4ccc(-c5ccccc5)nc4)ccc3c3ccc(-c4ccc(-c5ccccc5)nc4)cc32)cc(-c2c(C(F)(F)F)cccc2C(F)(F)F)cc1-n1c2cc(-c3ccc(-c4ccccc4)nc3)ccc2c2ccc(-c3ccc(-c4ccccc4)nc3)cc21. The molecular weight excluding hydrogens is 1210 g/mol. The summed E-state index contributed by atoms with van der Waals surface area (Å²) in [7, 11) is 0. The molecule has 0 radical (unpaired) electrons. The van der Waals surface area contributed by atoms with Crippen LogP contribution in [0.3, 0.4) is 0 Å². The van der Waals surface area contributed by atoms with Gasteiger partial charge >= 0.3 is 12.4 Å². The van der Waals surface area contributed by atoms with E-state index in [-0.39, 0.29) is 16.9 Å². The standard InChI is InChI=1S/C83H49F6N7/c84-82(85,86)69-22-13-23-70(83(87,88)89)81(69)63-44-79(95-75-40-55(59-28-36-71(91-47-59)51-14-5-1-6-15-51)24-32-64(75)65-33-25-56(41-76(65)95)60-29-37-72(92-48-60)52-16-7-2-8-17-52)68(46-90)80(45-63)96-77-42-57(61-30-38-73(93-49-61)53-18-9-3-10-19-53)26-34-66(77)67-35-27-58(43-78(67)96)62-31-39-74(94-50-62)54-20-11-4-12-21-54/h1-45,47-50H. The summed E-state index contributed by atoms with van der Waals surface area (Å²) in [5, 5.41) is 15.0. The van der Waals surface area contributed by atoms with E-state index in [1.165, 1.54) is 12.1 Å². The van der Waals surface area contributed by atoms with Crippen molar-refractivity contribution in [3.05, 3.63) is 314 Å². The predicted molar refractivity (Wildman–Crippen MR) is 370 cm³/mol. The Morgan fingerprint density at radius 2 is 0.542 bits per heavy atom. The van der Waals surface area contributed by atoms with Gasteiger partial charge in [0.2, 0.25) is 0 Å². The second-order valence-electron chi connectivity index (χ2n) is 23.5. The van der Waals surface area contributed by atoms with E-state index in [4.69, 9.17) is 19.9 Å². The first kappa shape index (κ1) is 58.5. The minimum Gasteiger partial charge on any atom is -0.308 e. The second kappa shape index (κ2) is 23.5. The summed E-state index contributed by atoms with van der Waals surface area (Å²) in [5.41, 5.74) is 9.85. The number of aromatic nitrogens is 6. The minimum atomic E-state index is -5.28. The number of fused-ring (bicyclic) bond motifs is 6. The van der Waals surface area contributed by atoms with Crippen molar-refractivity contribution in [3.8, 4) is 118 Å². The zero-order chi connectivity index (χ0) is 65.2. The quantitative estimate of drug-likeness (QED) is 0.120. The molecule has 0 aliphatic rings. The fourth-order valence-corrected chi connectivity index (χ4v) is 13.2. The van der Waals surface area contributed by atoms with Gasteiger partial charge in [0.05, 0.1) is 67.3 Å². The number of nitrogens with zero attached hydrogens (tertiary/aromatic N) is 7. The average Bonchev–Trinajstić information content (AvgIpc) is 1.52. The molecule has 0 N–H and O–H groups in total. The second-order valence-corrected chi connectivity index (χ2v) is 23.5. The van der Waals surface area contributed by atoms with E-state index in [1.807, 2.05) is 243 Å². The van der Waals surface area contributed by atoms with Gasteiger partial charge in [0, 0.05) is 96.4 Å². The maximum Gasteiger partial charge on any atom is 0.417 e. The molecule has 16 aromatic rings. The Balaban J connectivity index is 1.00. The highest BCUT2D eigenvalue weighted by atomic mass is 19.4. The van der Waals surface area contributed by atoms with Crippen LogP contribution in [0.2, 0.25) is 0 Å². The highest BCUT2D eigenvalue weighted by Gasteiger charge is 2.42. The number of alkyl halides is 6. The van der Waals surface area contributed by atoms with Gasteiger partial charge in [0.25, 0.3) is 0 Å². The maximum atomic E-state index is 15.9. The highest BCUT2D eigenvalue weighted by Crippen LogP contribution is 2.49. The van der Waals surface area contributed by atoms with E-state index in [9.17, 15) is 5.26 Å². The Kier molecular flexibility index (Phi) is 14.4. The molecule has 458 valence electrons. The van der Waals surface area contributed by atoms with Gasteiger partial charge in [-0.25, -0.2) is 0 Å². The molecule has 6 heterocycles. The summed E-state index contributed by atoms with van der Waals surface area (Å²) in [4.78, 5) is 19.4. The molecular formula is C83H49F6N7. The third kappa shape index (κ3) is 10.6. The third-order valence-corrected chi connectivity index (χ3v) is 17.9. The summed E-state index contributed by atoms with van der Waals surface area (Å²) in [6, 6.07) is 85.0. The van der Waals surface area contributed by atoms with Crippen LogP contribution in [0.1, 0.15) is 16.7 Å². The van der Waals surface area contributed by atoms with Crippen molar-refractivity contribution in [2.24, 2.45) is 0 Å². The van der Waals surface area contributed by atoms with Crippen LogP contribution < -0.4 is 0 Å². The largest absolute Gasteiger partial charge is 0.417 e. The van der Waals surface area contributed by atoms with Crippen molar-refractivity contribution in [2.75, 3.05) is 0 Å². The van der Waals surface area contributed by atoms with Crippen LogP contribution in [0.5, 0.6) is 0 Å². The monoisotopic (exact) mass is 1260 g/mol. The lowest BCUT2D eigenvalue weighted by molar-refractivity contribution is -0.142. The van der Waals surface area contributed by atoms with E-state index < -0.39 is 34.6 Å². The van der Waals surface area contributed by atoms with E-state index >= 15 is 26.3 Å². The van der Waals surface area contributed by atoms with Crippen LogP contribution in [0, 0.1) is 11.3 Å². The van der Waals surface area contributed by atoms with Crippen LogP contribution in [0.4, 0.5) is 26.3 Å². The first-order valence-corrected chi connectivity index (χ1v) is 30.9. The molecule has 16 rings (SSSR count). The summed E-state index contributed by atoms with van der Waals surface area (Å²) in [6.45, 7) is 0. The van der Waals surface area contributed by atoms with Gasteiger partial charge in [-0.15, -0.1) is 0 Å². The number of halogens is 6. The van der Waals surface area contributed by atoms with Crippen LogP contribution in [0.25, 0.3) is 156 Å². The Labute approximate surface area is 546 Å². The highest BCUT2D eigenvalue weighted by molar-refractivity contribution is 6.13. The number of hydrogen-bond acceptors (Lipinski definition) is 5. The summed E-state index contributed by atoms with van der Waals surface area (Å²) >= 11 is 0. The fraction of sp³-hybridized carbons (Fsp3) is 0.0241. The van der Waals surface area contributed by atoms with Gasteiger partial charge in [-0.1, -0.05) is 200 Å². The van der Waals surface area contributed by atoms with E-state index in [2.05, 4.69) is 6.07 Å². The van der Waals surface area contributed by atoms with Crippen molar-refractivity contribution < 1.29 is 26.3 Å². The van der Waals surface area contributed by atoms with Gasteiger partial charge in [-0.05, 0) is 101 Å². The average molecular weight is 1260 g/mol. The van der Waals surface area contributed by atoms with Crippen LogP contribution in [-0.4, -0.2) is 29.1 Å². The molecule has 6 aromatic heterocycles. The first-order chi connectivity index (χ1) is 46.8. The zero-order valence-corrected chi connectivity index (χ0v) is 50.7. The van der Waals surface area contributed by atoms with Crippen LogP contribution >= 0.6 is 0 Å². The molecule has 0 saturated heterocycles. The number of rotatable bonds is 11. The van der Waals surface area contributed by atoms with Gasteiger partial charge in [0.1, 0.15) is 11.6 Å². The molecule has 7 nitrogen and oxygen atoms in total. The van der Waals surface area contributed by atoms with Gasteiger partial charge < -0.3 is 9.13 Å². The third-order valence-electron chi connectivity index (χ3n) is 17.9. The van der Waals surface area contributed by atoms with Crippen molar-refractivity contribution in [1.29, 1.82) is 5.26 Å². The van der Waals surface area contributed by atoms with Gasteiger partial charge in [0.15, 0.2) is 0 Å². The molecule has 0 bridgehead atoms. The number of nitriles is 1. The lowest BCUT2D eigenvalue weighted by atomic mass is 9.91. The lowest BCUT2D eigenvalue weighted by Gasteiger charge is -2.22. The van der Waals surface area contributed by atoms with Gasteiger partial charge in [-0.3, -0.25) is 19.9 Å². The number of hydrogen-bond donors (Lipinski definition) is 0. The minimum absolute atomic E-state index is 0.0169. The molecule has 0 amide bonds. The summed E-state index contributed by atoms with van der Waals surface area (Å²) in [6.07, 6.45) is -3.50. The van der Waals surface area contributed by atoms with E-state index in [0.717, 1.165) is 73.3 Å². The van der Waals surface area contributed by atoms with Crippen LogP contribution in [-0.2, 0) is 12.4 Å². The summed E-state index contributed by atoms with van der Waals surface area (Å²) < 4.78 is 98.9. The molecule has 0 aliphatic carbocycles. The molecule has 0 aliphatic heterocycles. The molecule has 0 unspecified atom stereocenters. The Bertz CT molecular complexity index is 5070. The van der Waals surface area contributed by atoms with Gasteiger partial charge in [-0.2, -0.15) is 31.6 Å². The molecule has 0 fully saturated rings. The predicted octanol–water partition coefficient (Wildman–Crippen LogP) is 22.4. The molecule has 96 heavy (non-hydrogen) atoms. The normalized spacial score (nSPS) is 11.8. The molecule has 0 spiro atoms. The van der Waals surface area contributed by atoms with E-state index in [0.29, 0.717) is 78.0 Å². The van der Waals surface area contributed by atoms with Crippen molar-refractivity contribution in [1.82, 2.24) is 29.1 Å². The lowest BCUT2D eigenvalue weighted by Crippen LogP contribution is -2.15. The van der Waals surface area contributed by atoms with Crippen LogP contribution in [0.15, 0.2) is 298 Å². The van der Waals surface area contributed by atoms with E-state index in [1.54, 1.807) is 33.9 Å². The fourth-order valence-electron chi connectivity index (χ4n) is 13.2. The maximum absolute atomic E-state index is 15.9. The van der Waals surface area contributed by atoms with Crippen molar-refractivity contribution in [2.45, 2.75) is 12.4 Å². The number of pyridine rings is 4. The van der Waals surface area contributed by atoms with Crippen molar-refractivity contribution >= 4 is 43.6 Å². The molecule has 0 saturated carbocycles. The topological polar surface area (TPSA) is 85.2 Å². The molecule has 10 aromatic carbocycles. The first-order valence-electron chi connectivity index (χ1n) is 30.9. The Hall–Kier alpha value is -12.5. The Morgan fingerprint density at radius 1 is 0.271 bits per heavy atom. The number of benzene rings is 10. The zero-order valence-electron chi connectivity index (χ0n) is 50.7. The summed E-state index contributed by atoms with van der Waals surface area (Å²) in [5.74, 6) is 0.